The maximum absolute atomic E-state index is 11.3. The summed E-state index contributed by atoms with van der Waals surface area (Å²) < 4.78 is 1.90. The maximum Gasteiger partial charge on any atom is 0.308 e. The van der Waals surface area contributed by atoms with Crippen LogP contribution in [0.2, 0.25) is 5.02 Å². The van der Waals surface area contributed by atoms with Gasteiger partial charge in [-0.3, -0.25) is 9.69 Å². The van der Waals surface area contributed by atoms with Crippen LogP contribution in [0.15, 0.2) is 24.5 Å². The Kier molecular flexibility index (Phi) is 3.87. The highest BCUT2D eigenvalue weighted by molar-refractivity contribution is 6.30. The summed E-state index contributed by atoms with van der Waals surface area (Å²) in [7, 11) is 0. The first-order valence-electron chi connectivity index (χ1n) is 7.14. The van der Waals surface area contributed by atoms with E-state index in [2.05, 4.69) is 9.88 Å². The number of piperidine rings is 1. The molecular weight excluding hydrogens is 290 g/mol. The first-order valence-corrected chi connectivity index (χ1v) is 7.52. The Labute approximate surface area is 128 Å². The molecule has 0 bridgehead atoms. The summed E-state index contributed by atoms with van der Waals surface area (Å²) in [6.07, 6.45) is 5.46. The van der Waals surface area contributed by atoms with Gasteiger partial charge < -0.3 is 9.51 Å². The Bertz CT molecular complexity index is 670. The fourth-order valence-electron chi connectivity index (χ4n) is 3.07. The van der Waals surface area contributed by atoms with Crippen molar-refractivity contribution in [2.75, 3.05) is 6.54 Å². The van der Waals surface area contributed by atoms with Crippen LogP contribution in [-0.2, 0) is 11.3 Å². The molecule has 0 amide bonds. The molecule has 1 aliphatic rings. The monoisotopic (exact) mass is 307 g/mol. The maximum atomic E-state index is 11.3. The third-order valence-electron chi connectivity index (χ3n) is 4.27. The van der Waals surface area contributed by atoms with E-state index in [1.807, 2.05) is 35.9 Å². The molecule has 1 fully saturated rings. The Hall–Kier alpha value is -1.59. The number of aliphatic carboxylic acids is 1. The zero-order valence-electron chi connectivity index (χ0n) is 11.9. The highest BCUT2D eigenvalue weighted by Gasteiger charge is 2.32. The van der Waals surface area contributed by atoms with Gasteiger partial charge in [0.25, 0.3) is 0 Å². The number of carboxylic acid groups (broad SMARTS) is 1. The number of aromatic nitrogens is 2. The van der Waals surface area contributed by atoms with Crippen LogP contribution in [0.25, 0.3) is 5.65 Å². The molecule has 21 heavy (non-hydrogen) atoms. The summed E-state index contributed by atoms with van der Waals surface area (Å²) >= 11 is 5.97. The van der Waals surface area contributed by atoms with Crippen molar-refractivity contribution in [3.8, 4) is 0 Å². The van der Waals surface area contributed by atoms with Gasteiger partial charge in [0, 0.05) is 25.0 Å². The molecule has 2 atom stereocenters. The van der Waals surface area contributed by atoms with E-state index in [9.17, 15) is 9.90 Å². The molecule has 1 aliphatic heterocycles. The molecule has 6 heteroatoms. The number of carbonyl (C=O) groups is 1. The lowest BCUT2D eigenvalue weighted by molar-refractivity contribution is -0.145. The van der Waals surface area contributed by atoms with Crippen LogP contribution in [-0.4, -0.2) is 37.9 Å². The third kappa shape index (κ3) is 2.89. The van der Waals surface area contributed by atoms with E-state index in [-0.39, 0.29) is 12.0 Å². The average molecular weight is 308 g/mol. The molecule has 3 heterocycles. The molecular formula is C15H18ClN3O2. The van der Waals surface area contributed by atoms with E-state index in [1.54, 1.807) is 0 Å². The van der Waals surface area contributed by atoms with Gasteiger partial charge in [-0.15, -0.1) is 0 Å². The van der Waals surface area contributed by atoms with Crippen LogP contribution >= 0.6 is 11.6 Å². The van der Waals surface area contributed by atoms with Crippen LogP contribution in [0.5, 0.6) is 0 Å². The van der Waals surface area contributed by atoms with Gasteiger partial charge in [-0.25, -0.2) is 4.98 Å². The Morgan fingerprint density at radius 2 is 2.29 bits per heavy atom. The molecule has 0 aromatic carbocycles. The highest BCUT2D eigenvalue weighted by atomic mass is 35.5. The van der Waals surface area contributed by atoms with Gasteiger partial charge in [0.1, 0.15) is 5.65 Å². The van der Waals surface area contributed by atoms with Gasteiger partial charge in [-0.2, -0.15) is 0 Å². The van der Waals surface area contributed by atoms with Gasteiger partial charge >= 0.3 is 5.97 Å². The van der Waals surface area contributed by atoms with Crippen molar-refractivity contribution in [1.82, 2.24) is 14.3 Å². The summed E-state index contributed by atoms with van der Waals surface area (Å²) in [5, 5.41) is 9.95. The number of rotatable bonds is 3. The molecule has 3 rings (SSSR count). The molecule has 2 aromatic rings. The second kappa shape index (κ2) is 5.66. The van der Waals surface area contributed by atoms with E-state index in [0.717, 1.165) is 30.7 Å². The molecule has 0 unspecified atom stereocenters. The van der Waals surface area contributed by atoms with E-state index in [4.69, 9.17) is 11.6 Å². The molecule has 1 N–H and O–H groups in total. The van der Waals surface area contributed by atoms with Crippen molar-refractivity contribution in [1.29, 1.82) is 0 Å². The molecule has 1 saturated heterocycles. The fraction of sp³-hybridized carbons (Fsp3) is 0.467. The quantitative estimate of drug-likeness (QED) is 0.947. The minimum atomic E-state index is -0.700. The minimum Gasteiger partial charge on any atom is -0.481 e. The van der Waals surface area contributed by atoms with Crippen LogP contribution in [0, 0.1) is 5.92 Å². The second-order valence-electron chi connectivity index (χ2n) is 5.64. The molecule has 0 radical (unpaired) electrons. The Balaban J connectivity index is 1.79. The smallest absolute Gasteiger partial charge is 0.308 e. The lowest BCUT2D eigenvalue weighted by Gasteiger charge is -2.36. The van der Waals surface area contributed by atoms with E-state index >= 15 is 0 Å². The van der Waals surface area contributed by atoms with Crippen molar-refractivity contribution in [3.63, 3.8) is 0 Å². The van der Waals surface area contributed by atoms with Crippen LogP contribution < -0.4 is 0 Å². The number of imidazole rings is 1. The fourth-order valence-corrected chi connectivity index (χ4v) is 3.24. The van der Waals surface area contributed by atoms with E-state index in [0.29, 0.717) is 11.6 Å². The number of hydrogen-bond donors (Lipinski definition) is 1. The number of pyridine rings is 1. The first-order chi connectivity index (χ1) is 10.0. The average Bonchev–Trinajstić information content (AvgIpc) is 2.82. The molecule has 5 nitrogen and oxygen atoms in total. The largest absolute Gasteiger partial charge is 0.481 e. The van der Waals surface area contributed by atoms with Crippen molar-refractivity contribution in [2.24, 2.45) is 5.92 Å². The van der Waals surface area contributed by atoms with E-state index in [1.165, 1.54) is 0 Å². The molecule has 0 aliphatic carbocycles. The molecule has 0 saturated carbocycles. The Morgan fingerprint density at radius 3 is 3.05 bits per heavy atom. The third-order valence-corrected chi connectivity index (χ3v) is 4.49. The standard InChI is InChI=1S/C15H18ClN3O2/c1-10-13(15(20)21)3-2-6-18(10)8-12-9-19-7-11(16)4-5-14(19)17-12/h4-5,7,9-10,13H,2-3,6,8H2,1H3,(H,20,21)/t10-,13-/m1/s1. The molecule has 0 spiro atoms. The summed E-state index contributed by atoms with van der Waals surface area (Å²) in [6.45, 7) is 3.58. The van der Waals surface area contributed by atoms with Crippen molar-refractivity contribution in [3.05, 3.63) is 35.2 Å². The van der Waals surface area contributed by atoms with Gasteiger partial charge in [0.2, 0.25) is 0 Å². The van der Waals surface area contributed by atoms with Gasteiger partial charge in [-0.05, 0) is 38.4 Å². The number of hydrogen-bond acceptors (Lipinski definition) is 3. The van der Waals surface area contributed by atoms with Crippen LogP contribution in [0.1, 0.15) is 25.5 Å². The number of halogens is 1. The van der Waals surface area contributed by atoms with Crippen molar-refractivity contribution in [2.45, 2.75) is 32.4 Å². The zero-order valence-corrected chi connectivity index (χ0v) is 12.6. The summed E-state index contributed by atoms with van der Waals surface area (Å²) in [5.41, 5.74) is 1.80. The zero-order chi connectivity index (χ0) is 15.0. The van der Waals surface area contributed by atoms with Crippen LogP contribution in [0.3, 0.4) is 0 Å². The lowest BCUT2D eigenvalue weighted by Crippen LogP contribution is -2.45. The summed E-state index contributed by atoms with van der Waals surface area (Å²) in [5.74, 6) is -0.987. The lowest BCUT2D eigenvalue weighted by atomic mass is 9.90. The van der Waals surface area contributed by atoms with Crippen LogP contribution in [0.4, 0.5) is 0 Å². The topological polar surface area (TPSA) is 57.8 Å². The number of fused-ring (bicyclic) bond motifs is 1. The van der Waals surface area contributed by atoms with Crippen molar-refractivity contribution < 1.29 is 9.90 Å². The highest BCUT2D eigenvalue weighted by Crippen LogP contribution is 2.25. The van der Waals surface area contributed by atoms with Crippen molar-refractivity contribution >= 4 is 23.2 Å². The predicted molar refractivity (Wildman–Crippen MR) is 80.4 cm³/mol. The Morgan fingerprint density at radius 1 is 1.48 bits per heavy atom. The first kappa shape index (κ1) is 14.4. The second-order valence-corrected chi connectivity index (χ2v) is 6.08. The van der Waals surface area contributed by atoms with E-state index < -0.39 is 5.97 Å². The van der Waals surface area contributed by atoms with Gasteiger partial charge in [0.15, 0.2) is 0 Å². The minimum absolute atomic E-state index is 0.0321. The normalized spacial score (nSPS) is 23.5. The summed E-state index contributed by atoms with van der Waals surface area (Å²) in [4.78, 5) is 18.0. The number of nitrogens with zero attached hydrogens (tertiary/aromatic N) is 3. The molecule has 112 valence electrons. The van der Waals surface area contributed by atoms with Gasteiger partial charge in [0.05, 0.1) is 16.6 Å². The van der Waals surface area contributed by atoms with Gasteiger partial charge in [-0.1, -0.05) is 11.6 Å². The number of likely N-dealkylation sites (tertiary alicyclic amines) is 1. The molecule has 2 aromatic heterocycles. The SMILES string of the molecule is C[C@@H]1[C@H](C(=O)O)CCCN1Cc1cn2cc(Cl)ccc2n1. The summed E-state index contributed by atoms with van der Waals surface area (Å²) in [6, 6.07) is 3.73. The predicted octanol–water partition coefficient (Wildman–Crippen LogP) is 2.67. The number of carboxylic acids is 1.